The van der Waals surface area contributed by atoms with Crippen molar-refractivity contribution in [2.24, 2.45) is 0 Å². The highest BCUT2D eigenvalue weighted by molar-refractivity contribution is 5.68. The maximum Gasteiger partial charge on any atom is 0.305 e. The van der Waals surface area contributed by atoms with Crippen LogP contribution in [0.5, 0.6) is 0 Å². The molecule has 1 aliphatic rings. The number of rotatable bonds is 5. The van der Waals surface area contributed by atoms with Crippen molar-refractivity contribution in [1.82, 2.24) is 4.90 Å². The Kier molecular flexibility index (Phi) is 3.31. The summed E-state index contributed by atoms with van der Waals surface area (Å²) in [5, 5.41) is 8.83. The predicted molar refractivity (Wildman–Crippen MR) is 51.8 cm³/mol. The third-order valence-electron chi connectivity index (χ3n) is 3.20. The second-order valence-electron chi connectivity index (χ2n) is 3.82. The van der Waals surface area contributed by atoms with Crippen LogP contribution in [0.2, 0.25) is 0 Å². The van der Waals surface area contributed by atoms with E-state index in [4.69, 9.17) is 5.11 Å². The zero-order valence-electron chi connectivity index (χ0n) is 8.55. The van der Waals surface area contributed by atoms with Gasteiger partial charge in [-0.15, -0.1) is 0 Å². The van der Waals surface area contributed by atoms with E-state index in [0.717, 1.165) is 25.9 Å². The molecule has 0 amide bonds. The van der Waals surface area contributed by atoms with E-state index in [2.05, 4.69) is 18.7 Å². The lowest BCUT2D eigenvalue weighted by atomic mass is 9.73. The molecule has 0 unspecified atom stereocenters. The molecule has 0 saturated heterocycles. The Hall–Kier alpha value is -0.570. The normalized spacial score (nSPS) is 19.9. The van der Waals surface area contributed by atoms with Gasteiger partial charge in [0.2, 0.25) is 0 Å². The predicted octanol–water partition coefficient (Wildman–Crippen LogP) is 1.73. The first-order chi connectivity index (χ1) is 6.14. The van der Waals surface area contributed by atoms with E-state index in [-0.39, 0.29) is 5.54 Å². The Morgan fingerprint density at radius 1 is 1.38 bits per heavy atom. The molecule has 3 nitrogen and oxygen atoms in total. The van der Waals surface area contributed by atoms with Crippen LogP contribution >= 0.6 is 0 Å². The Balaban J connectivity index is 2.61. The van der Waals surface area contributed by atoms with Crippen molar-refractivity contribution in [3.8, 4) is 0 Å². The van der Waals surface area contributed by atoms with Gasteiger partial charge in [-0.3, -0.25) is 9.69 Å². The SMILES string of the molecule is CCN(CC)C1(CC(=O)O)CCC1. The fraction of sp³-hybridized carbons (Fsp3) is 0.900. The molecule has 1 fully saturated rings. The summed E-state index contributed by atoms with van der Waals surface area (Å²) in [7, 11) is 0. The minimum atomic E-state index is -0.661. The number of nitrogens with zero attached hydrogens (tertiary/aromatic N) is 1. The topological polar surface area (TPSA) is 40.5 Å². The van der Waals surface area contributed by atoms with Gasteiger partial charge < -0.3 is 5.11 Å². The summed E-state index contributed by atoms with van der Waals surface area (Å²) in [6.45, 7) is 6.13. The molecule has 3 heteroatoms. The van der Waals surface area contributed by atoms with Gasteiger partial charge in [-0.05, 0) is 32.4 Å². The number of aliphatic carboxylic acids is 1. The number of carboxylic acid groups (broad SMARTS) is 1. The summed E-state index contributed by atoms with van der Waals surface area (Å²) in [5.74, 6) is -0.661. The second kappa shape index (κ2) is 4.09. The van der Waals surface area contributed by atoms with E-state index in [1.807, 2.05) is 0 Å². The average Bonchev–Trinajstić information content (AvgIpc) is 2.01. The summed E-state index contributed by atoms with van der Waals surface area (Å²) in [6, 6.07) is 0. The van der Waals surface area contributed by atoms with Gasteiger partial charge in [-0.1, -0.05) is 13.8 Å². The number of carboxylic acids is 1. The molecule has 13 heavy (non-hydrogen) atoms. The summed E-state index contributed by atoms with van der Waals surface area (Å²) in [4.78, 5) is 13.0. The minimum Gasteiger partial charge on any atom is -0.481 e. The average molecular weight is 185 g/mol. The molecule has 1 rings (SSSR count). The first kappa shape index (κ1) is 10.5. The molecular weight excluding hydrogens is 166 g/mol. The third-order valence-corrected chi connectivity index (χ3v) is 3.20. The Labute approximate surface area is 79.7 Å². The van der Waals surface area contributed by atoms with E-state index < -0.39 is 5.97 Å². The smallest absolute Gasteiger partial charge is 0.305 e. The zero-order valence-corrected chi connectivity index (χ0v) is 8.55. The molecule has 1 saturated carbocycles. The van der Waals surface area contributed by atoms with Crippen molar-refractivity contribution < 1.29 is 9.90 Å². The van der Waals surface area contributed by atoms with E-state index >= 15 is 0 Å². The van der Waals surface area contributed by atoms with Gasteiger partial charge in [0.15, 0.2) is 0 Å². The van der Waals surface area contributed by atoms with Crippen LogP contribution in [0.3, 0.4) is 0 Å². The number of hydrogen-bond donors (Lipinski definition) is 1. The van der Waals surface area contributed by atoms with Gasteiger partial charge in [0, 0.05) is 5.54 Å². The largest absolute Gasteiger partial charge is 0.481 e. The molecule has 0 aromatic rings. The molecule has 0 radical (unpaired) electrons. The molecule has 0 atom stereocenters. The van der Waals surface area contributed by atoms with E-state index in [1.54, 1.807) is 0 Å². The molecule has 76 valence electrons. The zero-order chi connectivity index (χ0) is 9.90. The Morgan fingerprint density at radius 3 is 2.15 bits per heavy atom. The van der Waals surface area contributed by atoms with Crippen LogP contribution < -0.4 is 0 Å². The maximum atomic E-state index is 10.7. The lowest BCUT2D eigenvalue weighted by Gasteiger charge is -2.49. The quantitative estimate of drug-likeness (QED) is 0.709. The van der Waals surface area contributed by atoms with Gasteiger partial charge in [-0.2, -0.15) is 0 Å². The van der Waals surface area contributed by atoms with Crippen LogP contribution in [0.4, 0.5) is 0 Å². The van der Waals surface area contributed by atoms with Gasteiger partial charge in [0.1, 0.15) is 0 Å². The van der Waals surface area contributed by atoms with Gasteiger partial charge in [-0.25, -0.2) is 0 Å². The fourth-order valence-corrected chi connectivity index (χ4v) is 2.37. The maximum absolute atomic E-state index is 10.7. The minimum absolute atomic E-state index is 0.00463. The molecule has 0 aromatic carbocycles. The van der Waals surface area contributed by atoms with Crippen molar-refractivity contribution in [2.45, 2.75) is 45.1 Å². The molecule has 0 aromatic heterocycles. The lowest BCUT2D eigenvalue weighted by Crippen LogP contribution is -2.54. The van der Waals surface area contributed by atoms with Crippen molar-refractivity contribution in [1.29, 1.82) is 0 Å². The van der Waals surface area contributed by atoms with Gasteiger partial charge in [0.05, 0.1) is 6.42 Å². The van der Waals surface area contributed by atoms with Crippen LogP contribution in [-0.2, 0) is 4.79 Å². The summed E-state index contributed by atoms with van der Waals surface area (Å²) >= 11 is 0. The molecule has 0 aliphatic heterocycles. The summed E-state index contributed by atoms with van der Waals surface area (Å²) in [5.41, 5.74) is -0.00463. The molecule has 0 spiro atoms. The molecule has 0 bridgehead atoms. The monoisotopic (exact) mass is 185 g/mol. The second-order valence-corrected chi connectivity index (χ2v) is 3.82. The van der Waals surface area contributed by atoms with E-state index in [9.17, 15) is 4.79 Å². The van der Waals surface area contributed by atoms with Crippen LogP contribution in [0.15, 0.2) is 0 Å². The number of carbonyl (C=O) groups is 1. The van der Waals surface area contributed by atoms with Gasteiger partial charge in [0.25, 0.3) is 0 Å². The molecular formula is C10H19NO2. The molecule has 1 N–H and O–H groups in total. The highest BCUT2D eigenvalue weighted by Gasteiger charge is 2.42. The van der Waals surface area contributed by atoms with Crippen molar-refractivity contribution >= 4 is 5.97 Å². The highest BCUT2D eigenvalue weighted by atomic mass is 16.4. The standard InChI is InChI=1S/C10H19NO2/c1-3-11(4-2)10(6-5-7-10)8-9(12)13/h3-8H2,1-2H3,(H,12,13). The first-order valence-corrected chi connectivity index (χ1v) is 5.11. The Morgan fingerprint density at radius 2 is 1.92 bits per heavy atom. The third kappa shape index (κ3) is 2.02. The number of hydrogen-bond acceptors (Lipinski definition) is 2. The lowest BCUT2D eigenvalue weighted by molar-refractivity contribution is -0.142. The van der Waals surface area contributed by atoms with Crippen molar-refractivity contribution in [3.63, 3.8) is 0 Å². The van der Waals surface area contributed by atoms with Crippen LogP contribution in [0.25, 0.3) is 0 Å². The van der Waals surface area contributed by atoms with Crippen LogP contribution in [-0.4, -0.2) is 34.6 Å². The van der Waals surface area contributed by atoms with Crippen LogP contribution in [0, 0.1) is 0 Å². The van der Waals surface area contributed by atoms with Crippen molar-refractivity contribution in [3.05, 3.63) is 0 Å². The summed E-state index contributed by atoms with van der Waals surface area (Å²) in [6.07, 6.45) is 3.61. The fourth-order valence-electron chi connectivity index (χ4n) is 2.37. The van der Waals surface area contributed by atoms with E-state index in [1.165, 1.54) is 6.42 Å². The summed E-state index contributed by atoms with van der Waals surface area (Å²) < 4.78 is 0. The van der Waals surface area contributed by atoms with Crippen molar-refractivity contribution in [2.75, 3.05) is 13.1 Å². The molecule has 1 aliphatic carbocycles. The van der Waals surface area contributed by atoms with E-state index in [0.29, 0.717) is 6.42 Å². The van der Waals surface area contributed by atoms with Crippen LogP contribution in [0.1, 0.15) is 39.5 Å². The van der Waals surface area contributed by atoms with Gasteiger partial charge >= 0.3 is 5.97 Å². The highest BCUT2D eigenvalue weighted by Crippen LogP contribution is 2.40. The Bertz CT molecular complexity index is 183. The first-order valence-electron chi connectivity index (χ1n) is 5.11. The molecule has 0 heterocycles.